The maximum absolute atomic E-state index is 11.0. The Labute approximate surface area is 124 Å². The Kier molecular flexibility index (Phi) is 4.52. The van der Waals surface area contributed by atoms with Crippen molar-refractivity contribution < 1.29 is 9.53 Å². The molecule has 1 aromatic carbocycles. The fourth-order valence-electron chi connectivity index (χ4n) is 1.51. The van der Waals surface area contributed by atoms with Crippen molar-refractivity contribution in [3.63, 3.8) is 0 Å². The fraction of sp³-hybridized carbons (Fsp3) is 0.154. The van der Waals surface area contributed by atoms with Gasteiger partial charge in [0.1, 0.15) is 22.4 Å². The SMILES string of the molecule is CCNc1ncnc(Oc2ccc(C(N)=O)cc2)c1Br. The minimum absolute atomic E-state index is 0.391. The molecule has 0 aliphatic rings. The standard InChI is InChI=1S/C13H13BrN4O2/c1-2-16-12-10(14)13(18-7-17-12)20-9-5-3-8(4-6-9)11(15)19/h3-7H,2H2,1H3,(H2,15,19)(H,16,17,18). The van der Waals surface area contributed by atoms with Crippen LogP contribution in [0.3, 0.4) is 0 Å². The summed E-state index contributed by atoms with van der Waals surface area (Å²) in [6, 6.07) is 6.50. The van der Waals surface area contributed by atoms with E-state index < -0.39 is 5.91 Å². The van der Waals surface area contributed by atoms with Crippen molar-refractivity contribution >= 4 is 27.7 Å². The van der Waals surface area contributed by atoms with E-state index in [0.717, 1.165) is 6.54 Å². The molecule has 0 aliphatic heterocycles. The zero-order valence-electron chi connectivity index (χ0n) is 10.8. The number of halogens is 1. The van der Waals surface area contributed by atoms with Crippen LogP contribution in [0.1, 0.15) is 17.3 Å². The highest BCUT2D eigenvalue weighted by Crippen LogP contribution is 2.31. The van der Waals surface area contributed by atoms with Crippen molar-refractivity contribution in [2.45, 2.75) is 6.92 Å². The number of nitrogens with one attached hydrogen (secondary N) is 1. The predicted octanol–water partition coefficient (Wildman–Crippen LogP) is 2.56. The molecule has 2 aromatic rings. The Hall–Kier alpha value is -2.15. The average Bonchev–Trinajstić information content (AvgIpc) is 2.44. The number of aromatic nitrogens is 2. The van der Waals surface area contributed by atoms with Gasteiger partial charge in [0, 0.05) is 12.1 Å². The van der Waals surface area contributed by atoms with Crippen molar-refractivity contribution in [3.05, 3.63) is 40.6 Å². The van der Waals surface area contributed by atoms with Gasteiger partial charge in [0.05, 0.1) is 0 Å². The number of nitrogens with two attached hydrogens (primary N) is 1. The van der Waals surface area contributed by atoms with Crippen LogP contribution in [0.4, 0.5) is 5.82 Å². The van der Waals surface area contributed by atoms with E-state index in [1.54, 1.807) is 24.3 Å². The smallest absolute Gasteiger partial charge is 0.248 e. The molecule has 2 rings (SSSR count). The molecule has 20 heavy (non-hydrogen) atoms. The summed E-state index contributed by atoms with van der Waals surface area (Å²) in [5, 5.41) is 3.09. The second-order valence-electron chi connectivity index (χ2n) is 3.86. The third kappa shape index (κ3) is 3.24. The second-order valence-corrected chi connectivity index (χ2v) is 4.66. The van der Waals surface area contributed by atoms with Crippen LogP contribution in [0, 0.1) is 0 Å². The van der Waals surface area contributed by atoms with Crippen LogP contribution in [0.2, 0.25) is 0 Å². The molecule has 1 amide bonds. The molecule has 6 nitrogen and oxygen atoms in total. The molecule has 0 spiro atoms. The predicted molar refractivity (Wildman–Crippen MR) is 78.9 cm³/mol. The molecule has 0 atom stereocenters. The van der Waals surface area contributed by atoms with E-state index in [4.69, 9.17) is 10.5 Å². The topological polar surface area (TPSA) is 90.1 Å². The monoisotopic (exact) mass is 336 g/mol. The number of benzene rings is 1. The lowest BCUT2D eigenvalue weighted by Crippen LogP contribution is -2.10. The molecule has 0 aliphatic carbocycles. The molecule has 7 heteroatoms. The Bertz CT molecular complexity index is 616. The van der Waals surface area contributed by atoms with Gasteiger partial charge < -0.3 is 15.8 Å². The molecular weight excluding hydrogens is 324 g/mol. The van der Waals surface area contributed by atoms with Crippen molar-refractivity contribution in [2.24, 2.45) is 5.73 Å². The average molecular weight is 337 g/mol. The van der Waals surface area contributed by atoms with Gasteiger partial charge >= 0.3 is 0 Å². The Balaban J connectivity index is 2.21. The number of anilines is 1. The molecule has 3 N–H and O–H groups in total. The fourth-order valence-corrected chi connectivity index (χ4v) is 1.94. The van der Waals surface area contributed by atoms with Crippen molar-refractivity contribution in [1.82, 2.24) is 9.97 Å². The van der Waals surface area contributed by atoms with E-state index in [0.29, 0.717) is 27.5 Å². The molecule has 1 heterocycles. The lowest BCUT2D eigenvalue weighted by molar-refractivity contribution is 0.100. The number of nitrogens with zero attached hydrogens (tertiary/aromatic N) is 2. The quantitative estimate of drug-likeness (QED) is 0.875. The summed E-state index contributed by atoms with van der Waals surface area (Å²) in [6.07, 6.45) is 1.41. The molecule has 104 valence electrons. The van der Waals surface area contributed by atoms with Crippen molar-refractivity contribution in [1.29, 1.82) is 0 Å². The van der Waals surface area contributed by atoms with Gasteiger partial charge in [-0.25, -0.2) is 9.97 Å². The van der Waals surface area contributed by atoms with Gasteiger partial charge in [0.2, 0.25) is 11.8 Å². The van der Waals surface area contributed by atoms with Crippen LogP contribution in [0.5, 0.6) is 11.6 Å². The normalized spacial score (nSPS) is 10.1. The van der Waals surface area contributed by atoms with Gasteiger partial charge in [-0.15, -0.1) is 0 Å². The van der Waals surface area contributed by atoms with Gasteiger partial charge in [-0.1, -0.05) is 0 Å². The Morgan fingerprint density at radius 1 is 1.35 bits per heavy atom. The minimum Gasteiger partial charge on any atom is -0.438 e. The van der Waals surface area contributed by atoms with Gasteiger partial charge in [-0.2, -0.15) is 0 Å². The number of hydrogen-bond acceptors (Lipinski definition) is 5. The van der Waals surface area contributed by atoms with Gasteiger partial charge in [0.15, 0.2) is 0 Å². The van der Waals surface area contributed by atoms with Crippen LogP contribution in [0.25, 0.3) is 0 Å². The van der Waals surface area contributed by atoms with Crippen LogP contribution in [-0.2, 0) is 0 Å². The summed E-state index contributed by atoms with van der Waals surface area (Å²) in [7, 11) is 0. The maximum atomic E-state index is 11.0. The van der Waals surface area contributed by atoms with Crippen LogP contribution in [-0.4, -0.2) is 22.4 Å². The van der Waals surface area contributed by atoms with Gasteiger partial charge in [-0.3, -0.25) is 4.79 Å². The largest absolute Gasteiger partial charge is 0.438 e. The Morgan fingerprint density at radius 3 is 2.65 bits per heavy atom. The second kappa shape index (κ2) is 6.33. The lowest BCUT2D eigenvalue weighted by atomic mass is 10.2. The highest BCUT2D eigenvalue weighted by molar-refractivity contribution is 9.10. The molecule has 0 unspecified atom stereocenters. The third-order valence-corrected chi connectivity index (χ3v) is 3.17. The zero-order valence-corrected chi connectivity index (χ0v) is 12.3. The molecule has 0 saturated heterocycles. The van der Waals surface area contributed by atoms with Gasteiger partial charge in [-0.05, 0) is 47.1 Å². The highest BCUT2D eigenvalue weighted by atomic mass is 79.9. The summed E-state index contributed by atoms with van der Waals surface area (Å²) in [4.78, 5) is 19.1. The van der Waals surface area contributed by atoms with E-state index in [2.05, 4.69) is 31.2 Å². The van der Waals surface area contributed by atoms with E-state index in [-0.39, 0.29) is 0 Å². The van der Waals surface area contributed by atoms with Crippen LogP contribution >= 0.6 is 15.9 Å². The zero-order chi connectivity index (χ0) is 14.5. The molecule has 1 aromatic heterocycles. The molecule has 0 fully saturated rings. The number of hydrogen-bond donors (Lipinski definition) is 2. The summed E-state index contributed by atoms with van der Waals surface area (Å²) in [5.41, 5.74) is 5.60. The van der Waals surface area contributed by atoms with Gasteiger partial charge in [0.25, 0.3) is 0 Å². The number of amides is 1. The van der Waals surface area contributed by atoms with E-state index in [1.165, 1.54) is 6.33 Å². The lowest BCUT2D eigenvalue weighted by Gasteiger charge is -2.10. The number of carbonyl (C=O) groups is 1. The van der Waals surface area contributed by atoms with E-state index in [9.17, 15) is 4.79 Å². The number of carbonyl (C=O) groups excluding carboxylic acids is 1. The summed E-state index contributed by atoms with van der Waals surface area (Å²) in [6.45, 7) is 2.71. The highest BCUT2D eigenvalue weighted by Gasteiger charge is 2.10. The minimum atomic E-state index is -0.478. The number of rotatable bonds is 5. The molecular formula is C13H13BrN4O2. The summed E-state index contributed by atoms with van der Waals surface area (Å²) in [5.74, 6) is 1.13. The first kappa shape index (κ1) is 14.3. The number of primary amides is 1. The summed E-state index contributed by atoms with van der Waals surface area (Å²) >= 11 is 3.39. The summed E-state index contributed by atoms with van der Waals surface area (Å²) < 4.78 is 6.28. The first-order valence-corrected chi connectivity index (χ1v) is 6.73. The Morgan fingerprint density at radius 2 is 2.05 bits per heavy atom. The maximum Gasteiger partial charge on any atom is 0.248 e. The molecule has 0 saturated carbocycles. The van der Waals surface area contributed by atoms with E-state index >= 15 is 0 Å². The van der Waals surface area contributed by atoms with Crippen LogP contribution in [0.15, 0.2) is 35.1 Å². The first-order valence-electron chi connectivity index (χ1n) is 5.94. The first-order chi connectivity index (χ1) is 9.61. The molecule has 0 radical (unpaired) electrons. The third-order valence-electron chi connectivity index (χ3n) is 2.46. The molecule has 0 bridgehead atoms. The van der Waals surface area contributed by atoms with Crippen molar-refractivity contribution in [2.75, 3.05) is 11.9 Å². The van der Waals surface area contributed by atoms with Crippen LogP contribution < -0.4 is 15.8 Å². The van der Waals surface area contributed by atoms with Crippen molar-refractivity contribution in [3.8, 4) is 11.6 Å². The number of ether oxygens (including phenoxy) is 1. The van der Waals surface area contributed by atoms with E-state index in [1.807, 2.05) is 6.92 Å².